The van der Waals surface area contributed by atoms with Crippen molar-refractivity contribution in [3.8, 4) is 5.75 Å². The third-order valence-corrected chi connectivity index (χ3v) is 5.51. The molecular formula is C22H20Cl2N4O2. The van der Waals surface area contributed by atoms with Gasteiger partial charge in [-0.25, -0.2) is 4.98 Å². The molecule has 0 unspecified atom stereocenters. The lowest BCUT2D eigenvalue weighted by Crippen LogP contribution is -2.54. The summed E-state index contributed by atoms with van der Waals surface area (Å²) in [7, 11) is 0. The number of benzene rings is 2. The molecule has 8 heteroatoms. The largest absolute Gasteiger partial charge is 0.487 e. The number of hydrogen-bond acceptors (Lipinski definition) is 6. The molecule has 154 valence electrons. The zero-order valence-corrected chi connectivity index (χ0v) is 17.8. The zero-order valence-electron chi connectivity index (χ0n) is 16.3. The van der Waals surface area contributed by atoms with Gasteiger partial charge in [-0.1, -0.05) is 42.3 Å². The van der Waals surface area contributed by atoms with Crippen molar-refractivity contribution < 1.29 is 9.53 Å². The summed E-state index contributed by atoms with van der Waals surface area (Å²) in [5.74, 6) is 2.08. The fraction of sp³-hybridized carbons (Fsp3) is 0.227. The summed E-state index contributed by atoms with van der Waals surface area (Å²) >= 11 is 12.0. The minimum Gasteiger partial charge on any atom is -0.487 e. The van der Waals surface area contributed by atoms with Gasteiger partial charge in [-0.05, 0) is 30.3 Å². The van der Waals surface area contributed by atoms with Crippen LogP contribution in [0.25, 0.3) is 0 Å². The van der Waals surface area contributed by atoms with Crippen LogP contribution in [0.4, 0.5) is 17.5 Å². The van der Waals surface area contributed by atoms with Gasteiger partial charge in [-0.3, -0.25) is 4.79 Å². The number of rotatable bonds is 7. The number of carbonyl (C=O) groups excluding carboxylic acids is 1. The van der Waals surface area contributed by atoms with Crippen molar-refractivity contribution in [1.82, 2.24) is 9.97 Å². The lowest BCUT2D eigenvalue weighted by molar-refractivity contribution is 0.0988. The van der Waals surface area contributed by atoms with E-state index in [2.05, 4.69) is 20.2 Å². The lowest BCUT2D eigenvalue weighted by atomic mass is 10.1. The van der Waals surface area contributed by atoms with Crippen molar-refractivity contribution in [1.29, 1.82) is 0 Å². The van der Waals surface area contributed by atoms with Gasteiger partial charge in [0.15, 0.2) is 5.78 Å². The van der Waals surface area contributed by atoms with Crippen molar-refractivity contribution in [3.05, 3.63) is 70.3 Å². The zero-order chi connectivity index (χ0) is 21.1. The molecule has 0 atom stereocenters. The van der Waals surface area contributed by atoms with Crippen molar-refractivity contribution in [2.24, 2.45) is 0 Å². The number of halogens is 2. The lowest BCUT2D eigenvalue weighted by Gasteiger charge is -2.39. The Bertz CT molecular complexity index is 1070. The van der Waals surface area contributed by atoms with Gasteiger partial charge in [-0.15, -0.1) is 0 Å². The first kappa shape index (κ1) is 20.4. The first-order valence-electron chi connectivity index (χ1n) is 9.62. The summed E-state index contributed by atoms with van der Waals surface area (Å²) in [4.78, 5) is 22.9. The van der Waals surface area contributed by atoms with Crippen LogP contribution in [0, 0.1) is 0 Å². The molecule has 0 saturated carbocycles. The highest BCUT2D eigenvalue weighted by molar-refractivity contribution is 6.42. The molecule has 4 rings (SSSR count). The smallest absolute Gasteiger partial charge is 0.229 e. The number of hydrogen-bond donors (Lipinski definition) is 1. The highest BCUT2D eigenvalue weighted by Crippen LogP contribution is 2.29. The monoisotopic (exact) mass is 442 g/mol. The Hall–Kier alpha value is -2.83. The molecule has 0 radical (unpaired) electrons. The van der Waals surface area contributed by atoms with Gasteiger partial charge in [0, 0.05) is 29.9 Å². The van der Waals surface area contributed by atoms with E-state index in [1.165, 1.54) is 0 Å². The predicted octanol–water partition coefficient (Wildman–Crippen LogP) is 5.39. The fourth-order valence-electron chi connectivity index (χ4n) is 3.13. The first-order valence-corrected chi connectivity index (χ1v) is 10.4. The fourth-order valence-corrected chi connectivity index (χ4v) is 3.42. The van der Waals surface area contributed by atoms with Crippen LogP contribution in [0.2, 0.25) is 10.0 Å². The Balaban J connectivity index is 1.37. The number of nitrogens with zero attached hydrogens (tertiary/aromatic N) is 3. The average molecular weight is 443 g/mol. The summed E-state index contributed by atoms with van der Waals surface area (Å²) in [6, 6.07) is 14.5. The third kappa shape index (κ3) is 4.66. The molecule has 0 spiro atoms. The van der Waals surface area contributed by atoms with Crippen LogP contribution in [0.1, 0.15) is 23.7 Å². The molecule has 3 aromatic rings. The molecule has 1 N–H and O–H groups in total. The maximum Gasteiger partial charge on any atom is 0.229 e. The highest BCUT2D eigenvalue weighted by Gasteiger charge is 2.30. The summed E-state index contributed by atoms with van der Waals surface area (Å²) in [6.45, 7) is 3.26. The van der Waals surface area contributed by atoms with Crippen molar-refractivity contribution in [2.45, 2.75) is 19.4 Å². The number of carbonyl (C=O) groups is 1. The van der Waals surface area contributed by atoms with Gasteiger partial charge < -0.3 is 15.0 Å². The normalized spacial score (nSPS) is 13.6. The summed E-state index contributed by atoms with van der Waals surface area (Å²) < 4.78 is 5.93. The SMILES string of the molecule is CCC(=O)c1cccc(Nc2nccc(N3CC(Oc4ccc(Cl)c(Cl)c4)C3)n2)c1. The van der Waals surface area contributed by atoms with E-state index in [0.717, 1.165) is 11.5 Å². The van der Waals surface area contributed by atoms with Gasteiger partial charge in [0.25, 0.3) is 0 Å². The second-order valence-electron chi connectivity index (χ2n) is 6.94. The van der Waals surface area contributed by atoms with Crippen LogP contribution in [0.15, 0.2) is 54.7 Å². The van der Waals surface area contributed by atoms with Gasteiger partial charge in [0.05, 0.1) is 23.1 Å². The molecule has 0 amide bonds. The quantitative estimate of drug-likeness (QED) is 0.494. The van der Waals surface area contributed by atoms with E-state index in [9.17, 15) is 4.79 Å². The number of Topliss-reactive ketones (excluding diaryl/α,β-unsaturated/α-hetero) is 1. The second-order valence-corrected chi connectivity index (χ2v) is 7.76. The van der Waals surface area contributed by atoms with E-state index in [0.29, 0.717) is 46.8 Å². The van der Waals surface area contributed by atoms with Crippen LogP contribution in [0.3, 0.4) is 0 Å². The highest BCUT2D eigenvalue weighted by atomic mass is 35.5. The summed E-state index contributed by atoms with van der Waals surface area (Å²) in [5.41, 5.74) is 1.44. The molecule has 2 heterocycles. The van der Waals surface area contributed by atoms with Crippen molar-refractivity contribution in [3.63, 3.8) is 0 Å². The minimum absolute atomic E-state index is 0.0466. The Morgan fingerprint density at radius 3 is 2.77 bits per heavy atom. The Morgan fingerprint density at radius 2 is 2.00 bits per heavy atom. The predicted molar refractivity (Wildman–Crippen MR) is 119 cm³/mol. The molecule has 6 nitrogen and oxygen atoms in total. The number of ether oxygens (including phenoxy) is 1. The molecular weight excluding hydrogens is 423 g/mol. The van der Waals surface area contributed by atoms with E-state index < -0.39 is 0 Å². The van der Waals surface area contributed by atoms with Crippen LogP contribution < -0.4 is 15.0 Å². The van der Waals surface area contributed by atoms with Gasteiger partial charge in [0.2, 0.25) is 5.95 Å². The Morgan fingerprint density at radius 1 is 1.17 bits per heavy atom. The number of nitrogens with one attached hydrogen (secondary N) is 1. The molecule has 2 aromatic carbocycles. The summed E-state index contributed by atoms with van der Waals surface area (Å²) in [6.07, 6.45) is 2.22. The van der Waals surface area contributed by atoms with Crippen molar-refractivity contribution >= 4 is 46.4 Å². The first-order chi connectivity index (χ1) is 14.5. The van der Waals surface area contributed by atoms with Crippen molar-refractivity contribution in [2.75, 3.05) is 23.3 Å². The molecule has 0 bridgehead atoms. The number of ketones is 1. The van der Waals surface area contributed by atoms with E-state index >= 15 is 0 Å². The molecule has 1 aliphatic heterocycles. The van der Waals surface area contributed by atoms with Crippen LogP contribution in [0.5, 0.6) is 5.75 Å². The van der Waals surface area contributed by atoms with E-state index in [-0.39, 0.29) is 11.9 Å². The van der Waals surface area contributed by atoms with Crippen LogP contribution in [-0.2, 0) is 0 Å². The average Bonchev–Trinajstić information content (AvgIpc) is 2.72. The second kappa shape index (κ2) is 8.90. The summed E-state index contributed by atoms with van der Waals surface area (Å²) in [5, 5.41) is 4.15. The Labute approximate surface area is 184 Å². The topological polar surface area (TPSA) is 67.4 Å². The van der Waals surface area contributed by atoms with Gasteiger partial charge >= 0.3 is 0 Å². The van der Waals surface area contributed by atoms with Gasteiger partial charge in [0.1, 0.15) is 17.7 Å². The van der Waals surface area contributed by atoms with Crippen LogP contribution in [-0.4, -0.2) is 34.9 Å². The molecule has 1 fully saturated rings. The molecule has 1 aliphatic rings. The molecule has 30 heavy (non-hydrogen) atoms. The maximum absolute atomic E-state index is 11.9. The molecule has 1 aromatic heterocycles. The van der Waals surface area contributed by atoms with E-state index in [4.69, 9.17) is 27.9 Å². The molecule has 1 saturated heterocycles. The Kier molecular flexibility index (Phi) is 6.06. The minimum atomic E-state index is 0.0466. The van der Waals surface area contributed by atoms with E-state index in [1.807, 2.05) is 37.3 Å². The van der Waals surface area contributed by atoms with E-state index in [1.54, 1.807) is 24.4 Å². The maximum atomic E-state index is 11.9. The number of aromatic nitrogens is 2. The van der Waals surface area contributed by atoms with Crippen LogP contribution >= 0.6 is 23.2 Å². The standard InChI is InChI=1S/C22H20Cl2N4O2/c1-2-20(29)14-4-3-5-15(10-14)26-22-25-9-8-21(27-22)28-12-17(13-28)30-16-6-7-18(23)19(24)11-16/h3-11,17H,2,12-13H2,1H3,(H,25,26,27). The van der Waals surface area contributed by atoms with Gasteiger partial charge in [-0.2, -0.15) is 4.98 Å². The third-order valence-electron chi connectivity index (χ3n) is 4.77. The number of anilines is 3. The molecule has 0 aliphatic carbocycles.